The summed E-state index contributed by atoms with van der Waals surface area (Å²) < 4.78 is 7.44. The van der Waals surface area contributed by atoms with Crippen molar-refractivity contribution in [2.45, 2.75) is 38.8 Å². The van der Waals surface area contributed by atoms with Crippen LogP contribution < -0.4 is 5.73 Å². The topological polar surface area (TPSA) is 66.0 Å². The molecular formula is C9H16N4O. The molecular weight excluding hydrogens is 180 g/mol. The van der Waals surface area contributed by atoms with Gasteiger partial charge >= 0.3 is 0 Å². The Balaban J connectivity index is 1.99. The van der Waals surface area contributed by atoms with Crippen molar-refractivity contribution in [1.82, 2.24) is 15.0 Å². The summed E-state index contributed by atoms with van der Waals surface area (Å²) in [7, 11) is 0. The maximum Gasteiger partial charge on any atom is 0.168 e. The maximum atomic E-state index is 5.62. The molecule has 1 aliphatic rings. The third kappa shape index (κ3) is 1.87. The quantitative estimate of drug-likeness (QED) is 0.757. The van der Waals surface area contributed by atoms with Gasteiger partial charge in [-0.2, -0.15) is 0 Å². The average molecular weight is 196 g/mol. The van der Waals surface area contributed by atoms with Gasteiger partial charge in [0.2, 0.25) is 0 Å². The molecule has 1 aromatic heterocycles. The van der Waals surface area contributed by atoms with Gasteiger partial charge < -0.3 is 10.5 Å². The first-order valence-corrected chi connectivity index (χ1v) is 5.04. The van der Waals surface area contributed by atoms with E-state index in [1.165, 1.54) is 12.8 Å². The first-order valence-electron chi connectivity index (χ1n) is 5.04. The molecule has 0 aliphatic carbocycles. The average Bonchev–Trinajstić information content (AvgIpc) is 2.52. The minimum absolute atomic E-state index is 0.281. The van der Waals surface area contributed by atoms with Crippen LogP contribution in [0.4, 0.5) is 5.82 Å². The van der Waals surface area contributed by atoms with Crippen molar-refractivity contribution >= 4 is 5.82 Å². The zero-order chi connectivity index (χ0) is 9.97. The summed E-state index contributed by atoms with van der Waals surface area (Å²) in [5, 5.41) is 7.79. The van der Waals surface area contributed by atoms with Crippen LogP contribution in [-0.2, 0) is 11.3 Å². The predicted molar refractivity (Wildman–Crippen MR) is 52.8 cm³/mol. The molecule has 1 unspecified atom stereocenters. The molecule has 0 spiro atoms. The van der Waals surface area contributed by atoms with Crippen LogP contribution in [0.5, 0.6) is 0 Å². The SMILES string of the molecule is Cc1c(N)nnn1CC1CCCCO1. The Morgan fingerprint density at radius 3 is 3.00 bits per heavy atom. The fourth-order valence-corrected chi connectivity index (χ4v) is 1.69. The molecule has 1 aromatic rings. The minimum atomic E-state index is 0.281. The molecule has 0 aromatic carbocycles. The van der Waals surface area contributed by atoms with E-state index in [1.807, 2.05) is 11.6 Å². The monoisotopic (exact) mass is 196 g/mol. The molecule has 78 valence electrons. The summed E-state index contributed by atoms with van der Waals surface area (Å²) in [5.74, 6) is 0.515. The first kappa shape index (κ1) is 9.45. The highest BCUT2D eigenvalue weighted by Crippen LogP contribution is 2.15. The van der Waals surface area contributed by atoms with Gasteiger partial charge in [0.1, 0.15) is 0 Å². The zero-order valence-electron chi connectivity index (χ0n) is 8.44. The molecule has 2 N–H and O–H groups in total. The Bertz CT molecular complexity index is 304. The largest absolute Gasteiger partial charge is 0.381 e. The molecule has 2 heterocycles. The molecule has 2 rings (SSSR count). The molecule has 0 radical (unpaired) electrons. The summed E-state index contributed by atoms with van der Waals surface area (Å²) in [4.78, 5) is 0. The van der Waals surface area contributed by atoms with Crippen LogP contribution in [0.25, 0.3) is 0 Å². The summed E-state index contributed by atoms with van der Waals surface area (Å²) in [6, 6.07) is 0. The van der Waals surface area contributed by atoms with Gasteiger partial charge in [-0.05, 0) is 26.2 Å². The van der Waals surface area contributed by atoms with E-state index in [-0.39, 0.29) is 6.10 Å². The van der Waals surface area contributed by atoms with E-state index >= 15 is 0 Å². The molecule has 5 heteroatoms. The maximum absolute atomic E-state index is 5.62. The van der Waals surface area contributed by atoms with Crippen molar-refractivity contribution in [1.29, 1.82) is 0 Å². The Morgan fingerprint density at radius 1 is 1.57 bits per heavy atom. The molecule has 1 fully saturated rings. The number of aromatic nitrogens is 3. The highest BCUT2D eigenvalue weighted by molar-refractivity contribution is 5.31. The van der Waals surface area contributed by atoms with E-state index in [1.54, 1.807) is 0 Å². The Hall–Kier alpha value is -1.10. The normalized spacial score (nSPS) is 22.5. The number of ether oxygens (including phenoxy) is 1. The molecule has 5 nitrogen and oxygen atoms in total. The van der Waals surface area contributed by atoms with Crippen LogP contribution in [-0.4, -0.2) is 27.7 Å². The number of nitrogen functional groups attached to an aromatic ring is 1. The van der Waals surface area contributed by atoms with Crippen molar-refractivity contribution in [2.75, 3.05) is 12.3 Å². The van der Waals surface area contributed by atoms with Gasteiger partial charge in [0.25, 0.3) is 0 Å². The highest BCUT2D eigenvalue weighted by Gasteiger charge is 2.16. The van der Waals surface area contributed by atoms with Crippen molar-refractivity contribution < 1.29 is 4.74 Å². The standard InChI is InChI=1S/C9H16N4O/c1-7-9(10)11-12-13(7)6-8-4-2-3-5-14-8/h8H,2-6,10H2,1H3. The Morgan fingerprint density at radius 2 is 2.43 bits per heavy atom. The lowest BCUT2D eigenvalue weighted by atomic mass is 10.1. The first-order chi connectivity index (χ1) is 6.77. The van der Waals surface area contributed by atoms with E-state index in [9.17, 15) is 0 Å². The molecule has 1 atom stereocenters. The number of rotatable bonds is 2. The third-order valence-corrected chi connectivity index (χ3v) is 2.67. The number of nitrogens with two attached hydrogens (primary N) is 1. The Kier molecular flexibility index (Phi) is 2.67. The molecule has 1 saturated heterocycles. The van der Waals surface area contributed by atoms with Gasteiger partial charge in [-0.1, -0.05) is 5.21 Å². The van der Waals surface area contributed by atoms with Gasteiger partial charge in [-0.3, -0.25) is 0 Å². The van der Waals surface area contributed by atoms with Gasteiger partial charge in [-0.15, -0.1) is 5.10 Å². The van der Waals surface area contributed by atoms with Crippen molar-refractivity contribution in [2.24, 2.45) is 0 Å². The summed E-state index contributed by atoms with van der Waals surface area (Å²) in [6.45, 7) is 3.57. The van der Waals surface area contributed by atoms with E-state index in [0.717, 1.165) is 25.3 Å². The third-order valence-electron chi connectivity index (χ3n) is 2.67. The van der Waals surface area contributed by atoms with Crippen LogP contribution in [0.2, 0.25) is 0 Å². The van der Waals surface area contributed by atoms with Gasteiger partial charge in [-0.25, -0.2) is 4.68 Å². The number of nitrogens with zero attached hydrogens (tertiary/aromatic N) is 3. The summed E-state index contributed by atoms with van der Waals surface area (Å²) >= 11 is 0. The fourth-order valence-electron chi connectivity index (χ4n) is 1.69. The van der Waals surface area contributed by atoms with E-state index in [2.05, 4.69) is 10.3 Å². The van der Waals surface area contributed by atoms with Crippen LogP contribution in [0.3, 0.4) is 0 Å². The smallest absolute Gasteiger partial charge is 0.168 e. The van der Waals surface area contributed by atoms with E-state index in [4.69, 9.17) is 10.5 Å². The van der Waals surface area contributed by atoms with Crippen LogP contribution >= 0.6 is 0 Å². The van der Waals surface area contributed by atoms with E-state index < -0.39 is 0 Å². The van der Waals surface area contributed by atoms with Crippen molar-refractivity contribution in [3.05, 3.63) is 5.69 Å². The molecule has 1 aliphatic heterocycles. The fraction of sp³-hybridized carbons (Fsp3) is 0.778. The zero-order valence-corrected chi connectivity index (χ0v) is 8.44. The van der Waals surface area contributed by atoms with Crippen molar-refractivity contribution in [3.63, 3.8) is 0 Å². The van der Waals surface area contributed by atoms with Gasteiger partial charge in [0, 0.05) is 6.61 Å². The van der Waals surface area contributed by atoms with Crippen LogP contribution in [0.1, 0.15) is 25.0 Å². The number of hydrogen-bond donors (Lipinski definition) is 1. The lowest BCUT2D eigenvalue weighted by Crippen LogP contribution is -2.25. The summed E-state index contributed by atoms with van der Waals surface area (Å²) in [5.41, 5.74) is 6.54. The molecule has 14 heavy (non-hydrogen) atoms. The van der Waals surface area contributed by atoms with Gasteiger partial charge in [0.05, 0.1) is 18.3 Å². The minimum Gasteiger partial charge on any atom is -0.381 e. The molecule has 0 bridgehead atoms. The second kappa shape index (κ2) is 3.96. The predicted octanol–water partition coefficient (Wildman–Crippen LogP) is 0.738. The second-order valence-electron chi connectivity index (χ2n) is 3.73. The second-order valence-corrected chi connectivity index (χ2v) is 3.73. The van der Waals surface area contributed by atoms with E-state index in [0.29, 0.717) is 5.82 Å². The lowest BCUT2D eigenvalue weighted by molar-refractivity contribution is 0.00337. The summed E-state index contributed by atoms with van der Waals surface area (Å²) in [6.07, 6.45) is 3.81. The van der Waals surface area contributed by atoms with Gasteiger partial charge in [0.15, 0.2) is 5.82 Å². The highest BCUT2D eigenvalue weighted by atomic mass is 16.5. The van der Waals surface area contributed by atoms with Crippen LogP contribution in [0.15, 0.2) is 0 Å². The molecule has 0 amide bonds. The van der Waals surface area contributed by atoms with Crippen molar-refractivity contribution in [3.8, 4) is 0 Å². The number of hydrogen-bond acceptors (Lipinski definition) is 4. The number of anilines is 1. The Labute approximate surface area is 83.2 Å². The molecule has 0 saturated carbocycles. The lowest BCUT2D eigenvalue weighted by Gasteiger charge is -2.22. The van der Waals surface area contributed by atoms with Crippen LogP contribution in [0, 0.1) is 6.92 Å².